The lowest BCUT2D eigenvalue weighted by Gasteiger charge is -1.99. The highest BCUT2D eigenvalue weighted by Crippen LogP contribution is 2.09. The van der Waals surface area contributed by atoms with Gasteiger partial charge < -0.3 is 5.73 Å². The molecule has 1 rings (SSSR count). The Bertz CT molecular complexity index is 251. The zero-order chi connectivity index (χ0) is 9.84. The van der Waals surface area contributed by atoms with Crippen LogP contribution in [0.1, 0.15) is 18.4 Å². The summed E-state index contributed by atoms with van der Waals surface area (Å²) in [5.74, 6) is 0.469. The Hall–Kier alpha value is -1.13. The van der Waals surface area contributed by atoms with Crippen molar-refractivity contribution in [1.29, 1.82) is 0 Å². The van der Waals surface area contributed by atoms with E-state index in [1.54, 1.807) is 10.9 Å². The number of aryl methyl sites for hydroxylation is 2. The number of alkyl halides is 2. The number of halogens is 2. The summed E-state index contributed by atoms with van der Waals surface area (Å²) in [6.45, 7) is 2.34. The molecule has 0 unspecified atom stereocenters. The summed E-state index contributed by atoms with van der Waals surface area (Å²) >= 11 is 0. The fourth-order valence-corrected chi connectivity index (χ4v) is 1.06. The third kappa shape index (κ3) is 3.01. The molecule has 0 saturated heterocycles. The summed E-state index contributed by atoms with van der Waals surface area (Å²) < 4.78 is 25.1. The molecule has 1 aromatic heterocycles. The lowest BCUT2D eigenvalue weighted by atomic mass is 10.3. The first kappa shape index (κ1) is 9.95. The van der Waals surface area contributed by atoms with E-state index in [4.69, 9.17) is 5.73 Å². The van der Waals surface area contributed by atoms with E-state index in [2.05, 4.69) is 5.10 Å². The lowest BCUT2D eigenvalue weighted by molar-refractivity contribution is 0.132. The normalized spacial score (nSPS) is 11.1. The molecule has 0 radical (unpaired) electrons. The Balaban J connectivity index is 2.37. The summed E-state index contributed by atoms with van der Waals surface area (Å²) in [5.41, 5.74) is 6.38. The van der Waals surface area contributed by atoms with Crippen molar-refractivity contribution in [3.05, 3.63) is 11.8 Å². The highest BCUT2D eigenvalue weighted by molar-refractivity contribution is 5.35. The maximum atomic E-state index is 11.8. The molecular weight excluding hydrogens is 176 g/mol. The van der Waals surface area contributed by atoms with E-state index in [0.717, 1.165) is 5.56 Å². The number of nitrogens with two attached hydrogens (primary N) is 1. The molecule has 1 aromatic rings. The molecule has 3 nitrogen and oxygen atoms in total. The minimum atomic E-state index is -2.23. The Morgan fingerprint density at radius 2 is 2.31 bits per heavy atom. The number of aromatic nitrogens is 2. The van der Waals surface area contributed by atoms with E-state index in [-0.39, 0.29) is 6.42 Å². The van der Waals surface area contributed by atoms with Crippen LogP contribution in [0, 0.1) is 6.92 Å². The second-order valence-electron chi connectivity index (χ2n) is 2.99. The van der Waals surface area contributed by atoms with Gasteiger partial charge in [-0.25, -0.2) is 8.78 Å². The van der Waals surface area contributed by atoms with Gasteiger partial charge in [0.1, 0.15) is 5.82 Å². The molecule has 74 valence electrons. The number of nitrogens with zero attached hydrogens (tertiary/aromatic N) is 2. The van der Waals surface area contributed by atoms with Gasteiger partial charge in [0.15, 0.2) is 0 Å². The SMILES string of the molecule is Cc1cn(CCCC(F)F)nc1N. The van der Waals surface area contributed by atoms with Crippen molar-refractivity contribution in [3.8, 4) is 0 Å². The average Bonchev–Trinajstić information content (AvgIpc) is 2.30. The highest BCUT2D eigenvalue weighted by Gasteiger charge is 2.03. The quantitative estimate of drug-likeness (QED) is 0.785. The molecule has 0 aliphatic carbocycles. The van der Waals surface area contributed by atoms with Crippen LogP contribution in [0.25, 0.3) is 0 Å². The first-order valence-corrected chi connectivity index (χ1v) is 4.17. The molecule has 0 amide bonds. The van der Waals surface area contributed by atoms with Crippen molar-refractivity contribution >= 4 is 5.82 Å². The number of nitrogen functional groups attached to an aromatic ring is 1. The molecule has 5 heteroatoms. The van der Waals surface area contributed by atoms with Gasteiger partial charge in [0.2, 0.25) is 6.43 Å². The molecule has 0 fully saturated rings. The molecule has 13 heavy (non-hydrogen) atoms. The zero-order valence-corrected chi connectivity index (χ0v) is 7.50. The molecule has 0 atom stereocenters. The maximum Gasteiger partial charge on any atom is 0.238 e. The van der Waals surface area contributed by atoms with Gasteiger partial charge in [0.25, 0.3) is 0 Å². The van der Waals surface area contributed by atoms with Crippen molar-refractivity contribution < 1.29 is 8.78 Å². The molecule has 0 saturated carbocycles. The van der Waals surface area contributed by atoms with Crippen LogP contribution >= 0.6 is 0 Å². The largest absolute Gasteiger partial charge is 0.382 e. The minimum Gasteiger partial charge on any atom is -0.382 e. The van der Waals surface area contributed by atoms with Crippen LogP contribution in [0.15, 0.2) is 6.20 Å². The first-order valence-electron chi connectivity index (χ1n) is 4.17. The fraction of sp³-hybridized carbons (Fsp3) is 0.625. The van der Waals surface area contributed by atoms with Crippen molar-refractivity contribution in [2.24, 2.45) is 0 Å². The Labute approximate surface area is 75.5 Å². The van der Waals surface area contributed by atoms with Crippen LogP contribution in [0.4, 0.5) is 14.6 Å². The molecule has 0 spiro atoms. The van der Waals surface area contributed by atoms with Gasteiger partial charge in [-0.3, -0.25) is 4.68 Å². The fourth-order valence-electron chi connectivity index (χ4n) is 1.06. The van der Waals surface area contributed by atoms with Gasteiger partial charge in [0.05, 0.1) is 0 Å². The van der Waals surface area contributed by atoms with E-state index in [1.807, 2.05) is 6.92 Å². The van der Waals surface area contributed by atoms with E-state index in [9.17, 15) is 8.78 Å². The predicted octanol–water partition coefficient (Wildman–Crippen LogP) is 1.82. The minimum absolute atomic E-state index is 0.0845. The van der Waals surface area contributed by atoms with Crippen LogP contribution in [0.3, 0.4) is 0 Å². The van der Waals surface area contributed by atoms with E-state index < -0.39 is 6.43 Å². The van der Waals surface area contributed by atoms with Gasteiger partial charge in [-0.2, -0.15) is 5.10 Å². The van der Waals surface area contributed by atoms with Crippen molar-refractivity contribution in [3.63, 3.8) is 0 Å². The standard InChI is InChI=1S/C8H13F2N3/c1-6-5-13(12-8(6)11)4-2-3-7(9)10/h5,7H,2-4H2,1H3,(H2,11,12). The molecule has 0 aromatic carbocycles. The lowest BCUT2D eigenvalue weighted by Crippen LogP contribution is -2.01. The Morgan fingerprint density at radius 3 is 2.77 bits per heavy atom. The summed E-state index contributed by atoms with van der Waals surface area (Å²) in [6, 6.07) is 0. The number of anilines is 1. The van der Waals surface area contributed by atoms with Crippen LogP contribution in [-0.4, -0.2) is 16.2 Å². The summed E-state index contributed by atoms with van der Waals surface area (Å²) in [4.78, 5) is 0. The second-order valence-corrected chi connectivity index (χ2v) is 2.99. The van der Waals surface area contributed by atoms with Crippen molar-refractivity contribution in [2.45, 2.75) is 32.7 Å². The molecule has 1 heterocycles. The molecule has 0 aliphatic rings. The third-order valence-corrected chi connectivity index (χ3v) is 1.79. The van der Waals surface area contributed by atoms with E-state index >= 15 is 0 Å². The van der Waals surface area contributed by atoms with Crippen LogP contribution < -0.4 is 5.73 Å². The van der Waals surface area contributed by atoms with Crippen molar-refractivity contribution in [1.82, 2.24) is 9.78 Å². The Morgan fingerprint density at radius 1 is 1.62 bits per heavy atom. The van der Waals surface area contributed by atoms with Gasteiger partial charge in [0, 0.05) is 24.7 Å². The van der Waals surface area contributed by atoms with Gasteiger partial charge in [-0.1, -0.05) is 0 Å². The zero-order valence-electron chi connectivity index (χ0n) is 7.50. The molecule has 0 aliphatic heterocycles. The number of rotatable bonds is 4. The molecule has 2 N–H and O–H groups in total. The van der Waals surface area contributed by atoms with E-state index in [1.165, 1.54) is 0 Å². The van der Waals surface area contributed by atoms with Gasteiger partial charge in [-0.05, 0) is 13.3 Å². The smallest absolute Gasteiger partial charge is 0.238 e. The first-order chi connectivity index (χ1) is 6.09. The highest BCUT2D eigenvalue weighted by atomic mass is 19.3. The predicted molar refractivity (Wildman–Crippen MR) is 46.6 cm³/mol. The number of hydrogen-bond acceptors (Lipinski definition) is 2. The van der Waals surface area contributed by atoms with E-state index in [0.29, 0.717) is 18.8 Å². The number of hydrogen-bond donors (Lipinski definition) is 1. The summed E-state index contributed by atoms with van der Waals surface area (Å²) in [7, 11) is 0. The average molecular weight is 189 g/mol. The maximum absolute atomic E-state index is 11.8. The summed E-state index contributed by atoms with van der Waals surface area (Å²) in [6.07, 6.45) is -0.119. The third-order valence-electron chi connectivity index (χ3n) is 1.79. The summed E-state index contributed by atoms with van der Waals surface area (Å²) in [5, 5.41) is 3.96. The Kier molecular flexibility index (Phi) is 3.22. The van der Waals surface area contributed by atoms with Gasteiger partial charge in [-0.15, -0.1) is 0 Å². The second kappa shape index (κ2) is 4.20. The van der Waals surface area contributed by atoms with Crippen LogP contribution in [0.5, 0.6) is 0 Å². The van der Waals surface area contributed by atoms with Crippen LogP contribution in [0.2, 0.25) is 0 Å². The topological polar surface area (TPSA) is 43.8 Å². The van der Waals surface area contributed by atoms with Crippen LogP contribution in [-0.2, 0) is 6.54 Å². The molecular formula is C8H13F2N3. The van der Waals surface area contributed by atoms with Crippen molar-refractivity contribution in [2.75, 3.05) is 5.73 Å². The van der Waals surface area contributed by atoms with Gasteiger partial charge >= 0.3 is 0 Å². The monoisotopic (exact) mass is 189 g/mol. The molecule has 0 bridgehead atoms.